The largest absolute Gasteiger partial charge is 0.238 e. The van der Waals surface area contributed by atoms with Crippen molar-refractivity contribution in [2.75, 3.05) is 13.6 Å². The third-order valence-corrected chi connectivity index (χ3v) is 2.12. The Morgan fingerprint density at radius 3 is 2.73 bits per heavy atom. The maximum atomic E-state index is 10.6. The molecule has 0 saturated carbocycles. The summed E-state index contributed by atoms with van der Waals surface area (Å²) in [4.78, 5) is 0. The van der Waals surface area contributed by atoms with Gasteiger partial charge in [0.1, 0.15) is 0 Å². The maximum Gasteiger partial charge on any atom is 0.166 e. The van der Waals surface area contributed by atoms with E-state index in [4.69, 9.17) is 10.4 Å². The number of nitrogens with two attached hydrogens (primary N) is 1. The Labute approximate surface area is 69.7 Å². The quantitative estimate of drug-likeness (QED) is 0.604. The molecule has 4 nitrogen and oxygen atoms in total. The number of rotatable bonds is 5. The molecule has 0 radical (unpaired) electrons. The Morgan fingerprint density at radius 2 is 2.27 bits per heavy atom. The van der Waals surface area contributed by atoms with Gasteiger partial charge in [0.15, 0.2) is 11.2 Å². The predicted octanol–water partition coefficient (Wildman–Crippen LogP) is 0.149. The Balaban J connectivity index is 3.26. The number of nitrogens with zero attached hydrogens (tertiary/aromatic N) is 2. The highest BCUT2D eigenvalue weighted by Crippen LogP contribution is 1.96. The third-order valence-electron chi connectivity index (χ3n) is 1.32. The summed E-state index contributed by atoms with van der Waals surface area (Å²) in [5.74, 6) is 0. The number of nitriles is 1. The van der Waals surface area contributed by atoms with Gasteiger partial charge in [-0.15, -0.1) is 0 Å². The van der Waals surface area contributed by atoms with Crippen LogP contribution in [0.4, 0.5) is 0 Å². The first-order valence-corrected chi connectivity index (χ1v) is 4.60. The van der Waals surface area contributed by atoms with Crippen molar-refractivity contribution in [1.29, 1.82) is 5.26 Å². The van der Waals surface area contributed by atoms with Gasteiger partial charge in [0, 0.05) is 20.0 Å². The van der Waals surface area contributed by atoms with Crippen LogP contribution < -0.4 is 5.14 Å². The van der Waals surface area contributed by atoms with Gasteiger partial charge in [-0.1, -0.05) is 0 Å². The molecule has 11 heavy (non-hydrogen) atoms. The molecule has 0 aromatic heterocycles. The Morgan fingerprint density at radius 1 is 1.64 bits per heavy atom. The number of hydrogen-bond acceptors (Lipinski definition) is 2. The van der Waals surface area contributed by atoms with Crippen LogP contribution in [0.2, 0.25) is 0 Å². The van der Waals surface area contributed by atoms with E-state index in [1.54, 1.807) is 11.4 Å². The monoisotopic (exact) mass is 175 g/mol. The summed E-state index contributed by atoms with van der Waals surface area (Å²) in [6.45, 7) is 0.685. The summed E-state index contributed by atoms with van der Waals surface area (Å²) < 4.78 is 12.1. The van der Waals surface area contributed by atoms with Crippen LogP contribution in [0.3, 0.4) is 0 Å². The van der Waals surface area contributed by atoms with E-state index in [9.17, 15) is 4.21 Å². The van der Waals surface area contributed by atoms with Gasteiger partial charge in [0.25, 0.3) is 0 Å². The van der Waals surface area contributed by atoms with Crippen molar-refractivity contribution in [2.24, 2.45) is 5.14 Å². The first-order valence-electron chi connectivity index (χ1n) is 3.43. The van der Waals surface area contributed by atoms with E-state index in [1.165, 1.54) is 0 Å². The smallest absolute Gasteiger partial charge is 0.166 e. The molecule has 0 amide bonds. The fourth-order valence-electron chi connectivity index (χ4n) is 0.628. The summed E-state index contributed by atoms with van der Waals surface area (Å²) in [6.07, 6.45) is 2.27. The molecule has 64 valence electrons. The molecule has 0 heterocycles. The Bertz CT molecular complexity index is 166. The fraction of sp³-hybridized carbons (Fsp3) is 0.833. The lowest BCUT2D eigenvalue weighted by Crippen LogP contribution is -2.27. The molecule has 0 aliphatic carbocycles. The molecule has 2 N–H and O–H groups in total. The Hall–Kier alpha value is -0.440. The van der Waals surface area contributed by atoms with Crippen molar-refractivity contribution in [3.8, 4) is 6.07 Å². The summed E-state index contributed by atoms with van der Waals surface area (Å²) in [6, 6.07) is 2.05. The van der Waals surface area contributed by atoms with Crippen molar-refractivity contribution in [3.63, 3.8) is 0 Å². The SMILES string of the molecule is CN(CCCCC#N)S(N)=O. The lowest BCUT2D eigenvalue weighted by Gasteiger charge is -2.10. The molecule has 0 spiro atoms. The summed E-state index contributed by atoms with van der Waals surface area (Å²) in [5.41, 5.74) is 0. The molecule has 1 unspecified atom stereocenters. The minimum atomic E-state index is -1.37. The molecule has 0 rings (SSSR count). The van der Waals surface area contributed by atoms with Crippen LogP contribution in [0.25, 0.3) is 0 Å². The summed E-state index contributed by atoms with van der Waals surface area (Å²) in [7, 11) is 1.70. The van der Waals surface area contributed by atoms with E-state index in [-0.39, 0.29) is 0 Å². The first kappa shape index (κ1) is 10.6. The summed E-state index contributed by atoms with van der Waals surface area (Å²) >= 11 is -1.37. The zero-order chi connectivity index (χ0) is 8.69. The normalized spacial score (nSPS) is 12.9. The van der Waals surface area contributed by atoms with Crippen LogP contribution in [0, 0.1) is 11.3 Å². The van der Waals surface area contributed by atoms with Crippen LogP contribution in [0.1, 0.15) is 19.3 Å². The van der Waals surface area contributed by atoms with Crippen LogP contribution >= 0.6 is 0 Å². The first-order chi connectivity index (χ1) is 5.18. The predicted molar refractivity (Wildman–Crippen MR) is 44.4 cm³/mol. The molecule has 0 aliphatic heterocycles. The average Bonchev–Trinajstić information content (AvgIpc) is 1.97. The molecule has 0 bridgehead atoms. The number of unbranched alkanes of at least 4 members (excludes halogenated alkanes) is 2. The second-order valence-electron chi connectivity index (χ2n) is 2.24. The molecule has 0 saturated heterocycles. The van der Waals surface area contributed by atoms with Gasteiger partial charge < -0.3 is 0 Å². The van der Waals surface area contributed by atoms with Gasteiger partial charge in [0.2, 0.25) is 0 Å². The van der Waals surface area contributed by atoms with Crippen LogP contribution in [-0.2, 0) is 11.2 Å². The Kier molecular flexibility index (Phi) is 6.03. The minimum absolute atomic E-state index is 0.561. The second-order valence-corrected chi connectivity index (χ2v) is 3.42. The maximum absolute atomic E-state index is 10.6. The molecular weight excluding hydrogens is 162 g/mol. The third kappa shape index (κ3) is 5.98. The average molecular weight is 175 g/mol. The number of hydrogen-bond donors (Lipinski definition) is 1. The molecule has 1 atom stereocenters. The molecule has 0 aliphatic rings. The standard InChI is InChI=1S/C6H13N3OS/c1-9(11(8)10)6-4-2-3-5-7/h2-4,6,8H2,1H3. The van der Waals surface area contributed by atoms with E-state index in [1.807, 2.05) is 6.07 Å². The van der Waals surface area contributed by atoms with Crippen molar-refractivity contribution in [2.45, 2.75) is 19.3 Å². The lowest BCUT2D eigenvalue weighted by atomic mass is 10.2. The van der Waals surface area contributed by atoms with Gasteiger partial charge in [0.05, 0.1) is 6.07 Å². The highest BCUT2D eigenvalue weighted by Gasteiger charge is 2.00. The van der Waals surface area contributed by atoms with E-state index in [0.717, 1.165) is 12.8 Å². The van der Waals surface area contributed by atoms with Crippen LogP contribution in [0.5, 0.6) is 0 Å². The second kappa shape index (κ2) is 6.28. The fourth-order valence-corrected chi connectivity index (χ4v) is 0.938. The molecule has 0 aromatic rings. The van der Waals surface area contributed by atoms with Crippen molar-refractivity contribution in [1.82, 2.24) is 4.31 Å². The molecule has 5 heteroatoms. The molecular formula is C6H13N3OS. The van der Waals surface area contributed by atoms with E-state index >= 15 is 0 Å². The topological polar surface area (TPSA) is 70.1 Å². The van der Waals surface area contributed by atoms with Gasteiger partial charge in [-0.05, 0) is 12.8 Å². The zero-order valence-corrected chi connectivity index (χ0v) is 7.43. The minimum Gasteiger partial charge on any atom is -0.238 e. The van der Waals surface area contributed by atoms with Crippen LogP contribution in [-0.4, -0.2) is 22.1 Å². The molecule has 0 fully saturated rings. The van der Waals surface area contributed by atoms with E-state index in [2.05, 4.69) is 0 Å². The molecule has 0 aromatic carbocycles. The van der Waals surface area contributed by atoms with Crippen molar-refractivity contribution >= 4 is 11.2 Å². The van der Waals surface area contributed by atoms with Gasteiger partial charge >= 0.3 is 0 Å². The van der Waals surface area contributed by atoms with Gasteiger partial charge in [-0.3, -0.25) is 0 Å². The van der Waals surface area contributed by atoms with E-state index < -0.39 is 11.2 Å². The van der Waals surface area contributed by atoms with Crippen molar-refractivity contribution in [3.05, 3.63) is 0 Å². The van der Waals surface area contributed by atoms with Crippen molar-refractivity contribution < 1.29 is 4.21 Å². The van der Waals surface area contributed by atoms with Crippen LogP contribution in [0.15, 0.2) is 0 Å². The lowest BCUT2D eigenvalue weighted by molar-refractivity contribution is 0.500. The van der Waals surface area contributed by atoms with E-state index in [0.29, 0.717) is 13.0 Å². The summed E-state index contributed by atoms with van der Waals surface area (Å²) in [5, 5.41) is 13.3. The van der Waals surface area contributed by atoms with Gasteiger partial charge in [-0.25, -0.2) is 13.7 Å². The zero-order valence-electron chi connectivity index (χ0n) is 6.62. The highest BCUT2D eigenvalue weighted by molar-refractivity contribution is 7.80. The highest BCUT2D eigenvalue weighted by atomic mass is 32.2. The van der Waals surface area contributed by atoms with Gasteiger partial charge in [-0.2, -0.15) is 5.26 Å².